The van der Waals surface area contributed by atoms with Crippen LogP contribution in [-0.4, -0.2) is 36.5 Å². The number of carbonyl (C=O) groups excluding carboxylic acids is 2. The zero-order valence-electron chi connectivity index (χ0n) is 15.3. The summed E-state index contributed by atoms with van der Waals surface area (Å²) in [6, 6.07) is 9.76. The molecule has 1 amide bonds. The number of rotatable bonds is 6. The second-order valence-corrected chi connectivity index (χ2v) is 6.14. The molecule has 1 aliphatic heterocycles. The molecule has 1 fully saturated rings. The van der Waals surface area contributed by atoms with Gasteiger partial charge in [-0.25, -0.2) is 0 Å². The van der Waals surface area contributed by atoms with E-state index in [4.69, 9.17) is 4.74 Å². The molecule has 6 nitrogen and oxygen atoms in total. The van der Waals surface area contributed by atoms with E-state index < -0.39 is 0 Å². The molecular weight excluding hydrogens is 330 g/mol. The number of carbonyl (C=O) groups is 2. The van der Waals surface area contributed by atoms with E-state index in [-0.39, 0.29) is 23.4 Å². The molecule has 138 valence electrons. The van der Waals surface area contributed by atoms with Gasteiger partial charge >= 0.3 is 5.97 Å². The molecule has 2 rings (SSSR count). The molecule has 0 aliphatic carbocycles. The number of anilines is 1. The number of piperidine rings is 1. The minimum Gasteiger partial charge on any atom is -0.466 e. The van der Waals surface area contributed by atoms with Crippen molar-refractivity contribution < 1.29 is 14.3 Å². The number of nitrogens with zero attached hydrogens (tertiary/aromatic N) is 2. The molecule has 1 aliphatic rings. The predicted octanol–water partition coefficient (Wildman–Crippen LogP) is 2.87. The molecule has 0 unspecified atom stereocenters. The number of nitriles is 1. The van der Waals surface area contributed by atoms with Gasteiger partial charge in [0.15, 0.2) is 0 Å². The van der Waals surface area contributed by atoms with Crippen LogP contribution in [0.4, 0.5) is 5.69 Å². The number of hydrogen-bond donors (Lipinski definition) is 1. The van der Waals surface area contributed by atoms with Gasteiger partial charge in [0, 0.05) is 25.0 Å². The Balaban J connectivity index is 1.99. The van der Waals surface area contributed by atoms with Crippen LogP contribution in [0.15, 0.2) is 36.0 Å². The number of aryl methyl sites for hydroxylation is 1. The fourth-order valence-electron chi connectivity index (χ4n) is 3.01. The van der Waals surface area contributed by atoms with E-state index in [1.165, 1.54) is 6.20 Å². The van der Waals surface area contributed by atoms with Crippen molar-refractivity contribution in [3.63, 3.8) is 0 Å². The maximum Gasteiger partial charge on any atom is 0.309 e. The van der Waals surface area contributed by atoms with Crippen molar-refractivity contribution in [1.29, 1.82) is 5.26 Å². The second-order valence-electron chi connectivity index (χ2n) is 6.14. The molecular formula is C20H25N3O3. The van der Waals surface area contributed by atoms with Gasteiger partial charge in [0.2, 0.25) is 0 Å². The Morgan fingerprint density at radius 2 is 2.00 bits per heavy atom. The predicted molar refractivity (Wildman–Crippen MR) is 99.1 cm³/mol. The van der Waals surface area contributed by atoms with Crippen molar-refractivity contribution in [2.75, 3.05) is 25.0 Å². The average Bonchev–Trinajstić information content (AvgIpc) is 2.68. The minimum atomic E-state index is -0.309. The van der Waals surface area contributed by atoms with Gasteiger partial charge in [-0.2, -0.15) is 5.26 Å². The highest BCUT2D eigenvalue weighted by Crippen LogP contribution is 2.21. The van der Waals surface area contributed by atoms with E-state index in [2.05, 4.69) is 5.32 Å². The number of ether oxygens (including phenoxy) is 1. The summed E-state index contributed by atoms with van der Waals surface area (Å²) in [4.78, 5) is 26.0. The highest BCUT2D eigenvalue weighted by Gasteiger charge is 2.29. The van der Waals surface area contributed by atoms with E-state index in [9.17, 15) is 14.9 Å². The quantitative estimate of drug-likeness (QED) is 0.482. The summed E-state index contributed by atoms with van der Waals surface area (Å²) >= 11 is 0. The summed E-state index contributed by atoms with van der Waals surface area (Å²) < 4.78 is 5.04. The zero-order valence-corrected chi connectivity index (χ0v) is 15.3. The monoisotopic (exact) mass is 355 g/mol. The standard InChI is InChI=1S/C20H25N3O3/c1-3-15-7-5-6-8-18(15)22-14-17(13-21)19(24)23-11-9-16(10-12-23)20(25)26-4-2/h5-8,14,16,22H,3-4,9-12H2,1-2H3/b17-14-. The Morgan fingerprint density at radius 1 is 1.31 bits per heavy atom. The van der Waals surface area contributed by atoms with Crippen molar-refractivity contribution in [1.82, 2.24) is 4.90 Å². The lowest BCUT2D eigenvalue weighted by molar-refractivity contribution is -0.150. The Morgan fingerprint density at radius 3 is 2.62 bits per heavy atom. The lowest BCUT2D eigenvalue weighted by Gasteiger charge is -2.30. The van der Waals surface area contributed by atoms with Gasteiger partial charge < -0.3 is 15.0 Å². The van der Waals surface area contributed by atoms with Gasteiger partial charge in [-0.3, -0.25) is 9.59 Å². The first-order chi connectivity index (χ1) is 12.6. The largest absolute Gasteiger partial charge is 0.466 e. The van der Waals surface area contributed by atoms with E-state index in [0.29, 0.717) is 32.5 Å². The fourth-order valence-corrected chi connectivity index (χ4v) is 3.01. The third-order valence-electron chi connectivity index (χ3n) is 4.52. The average molecular weight is 355 g/mol. The molecule has 6 heteroatoms. The Hall–Kier alpha value is -2.81. The summed E-state index contributed by atoms with van der Waals surface area (Å²) in [7, 11) is 0. The minimum absolute atomic E-state index is 0.0606. The highest BCUT2D eigenvalue weighted by atomic mass is 16.5. The molecule has 1 aromatic rings. The fraction of sp³-hybridized carbons (Fsp3) is 0.450. The maximum atomic E-state index is 12.6. The maximum absolute atomic E-state index is 12.6. The van der Waals surface area contributed by atoms with Crippen molar-refractivity contribution in [3.05, 3.63) is 41.6 Å². The van der Waals surface area contributed by atoms with Crippen LogP contribution < -0.4 is 5.32 Å². The van der Waals surface area contributed by atoms with Crippen LogP contribution in [0.1, 0.15) is 32.3 Å². The van der Waals surface area contributed by atoms with Gasteiger partial charge in [0.1, 0.15) is 11.6 Å². The van der Waals surface area contributed by atoms with Crippen molar-refractivity contribution in [2.45, 2.75) is 33.1 Å². The molecule has 0 radical (unpaired) electrons. The van der Waals surface area contributed by atoms with Crippen molar-refractivity contribution >= 4 is 17.6 Å². The Bertz CT molecular complexity index is 713. The van der Waals surface area contributed by atoms with Crippen LogP contribution in [0.2, 0.25) is 0 Å². The summed E-state index contributed by atoms with van der Waals surface area (Å²) in [5.74, 6) is -0.673. The van der Waals surface area contributed by atoms with Gasteiger partial charge in [-0.05, 0) is 37.8 Å². The van der Waals surface area contributed by atoms with Crippen LogP contribution in [0, 0.1) is 17.2 Å². The second kappa shape index (κ2) is 9.62. The molecule has 0 bridgehead atoms. The number of esters is 1. The Labute approximate surface area is 154 Å². The summed E-state index contributed by atoms with van der Waals surface area (Å²) in [6.45, 7) is 5.10. The highest BCUT2D eigenvalue weighted by molar-refractivity contribution is 5.97. The van der Waals surface area contributed by atoms with E-state index >= 15 is 0 Å². The van der Waals surface area contributed by atoms with Gasteiger partial charge in [-0.1, -0.05) is 25.1 Å². The van der Waals surface area contributed by atoms with Gasteiger partial charge in [0.05, 0.1) is 12.5 Å². The lowest BCUT2D eigenvalue weighted by atomic mass is 9.96. The zero-order chi connectivity index (χ0) is 18.9. The molecule has 1 heterocycles. The molecule has 1 N–H and O–H groups in total. The van der Waals surface area contributed by atoms with Gasteiger partial charge in [-0.15, -0.1) is 0 Å². The molecule has 0 atom stereocenters. The molecule has 0 spiro atoms. The first-order valence-corrected chi connectivity index (χ1v) is 9.01. The molecule has 1 saturated heterocycles. The Kier molecular flexibility index (Phi) is 7.22. The van der Waals surface area contributed by atoms with Crippen LogP contribution in [0.5, 0.6) is 0 Å². The van der Waals surface area contributed by atoms with E-state index in [1.807, 2.05) is 37.3 Å². The molecule has 0 saturated carbocycles. The van der Waals surface area contributed by atoms with Crippen LogP contribution in [-0.2, 0) is 20.7 Å². The number of nitrogens with one attached hydrogen (secondary N) is 1. The summed E-state index contributed by atoms with van der Waals surface area (Å²) in [6.07, 6.45) is 3.45. The third kappa shape index (κ3) is 4.85. The first kappa shape index (κ1) is 19.5. The number of amides is 1. The number of likely N-dealkylation sites (tertiary alicyclic amines) is 1. The molecule has 0 aromatic heterocycles. The van der Waals surface area contributed by atoms with Crippen LogP contribution >= 0.6 is 0 Å². The van der Waals surface area contributed by atoms with Crippen molar-refractivity contribution in [2.24, 2.45) is 5.92 Å². The molecule has 1 aromatic carbocycles. The number of para-hydroxylation sites is 1. The topological polar surface area (TPSA) is 82.4 Å². The summed E-state index contributed by atoms with van der Waals surface area (Å²) in [5, 5.41) is 12.4. The molecule has 26 heavy (non-hydrogen) atoms. The summed E-state index contributed by atoms with van der Waals surface area (Å²) in [5.41, 5.74) is 2.06. The normalized spacial score (nSPS) is 15.3. The number of hydrogen-bond acceptors (Lipinski definition) is 5. The third-order valence-corrected chi connectivity index (χ3v) is 4.52. The van der Waals surface area contributed by atoms with E-state index in [1.54, 1.807) is 11.8 Å². The lowest BCUT2D eigenvalue weighted by Crippen LogP contribution is -2.41. The van der Waals surface area contributed by atoms with E-state index in [0.717, 1.165) is 17.7 Å². The van der Waals surface area contributed by atoms with Crippen molar-refractivity contribution in [3.8, 4) is 6.07 Å². The smallest absolute Gasteiger partial charge is 0.309 e. The van der Waals surface area contributed by atoms with Crippen LogP contribution in [0.25, 0.3) is 0 Å². The van der Waals surface area contributed by atoms with Crippen LogP contribution in [0.3, 0.4) is 0 Å². The SMILES string of the molecule is CCOC(=O)C1CCN(C(=O)/C(C#N)=C\Nc2ccccc2CC)CC1. The first-order valence-electron chi connectivity index (χ1n) is 9.01. The number of benzene rings is 1. The van der Waals surface area contributed by atoms with Gasteiger partial charge in [0.25, 0.3) is 5.91 Å².